The molecule has 0 aromatic carbocycles. The van der Waals surface area contributed by atoms with Gasteiger partial charge in [-0.25, -0.2) is 4.98 Å². The van der Waals surface area contributed by atoms with Crippen LogP contribution in [0.3, 0.4) is 0 Å². The molecule has 0 bridgehead atoms. The monoisotopic (exact) mass is 436 g/mol. The summed E-state index contributed by atoms with van der Waals surface area (Å²) in [4.78, 5) is 32.7. The van der Waals surface area contributed by atoms with E-state index in [2.05, 4.69) is 25.5 Å². The highest BCUT2D eigenvalue weighted by Crippen LogP contribution is 2.39. The minimum absolute atomic E-state index is 0.0140. The number of likely N-dealkylation sites (N-methyl/N-ethyl adjacent to an activating group) is 1. The molecule has 1 saturated heterocycles. The van der Waals surface area contributed by atoms with Gasteiger partial charge in [-0.05, 0) is 23.0 Å². The molecule has 1 unspecified atom stereocenters. The van der Waals surface area contributed by atoms with Crippen molar-refractivity contribution in [2.75, 3.05) is 44.4 Å². The van der Waals surface area contributed by atoms with E-state index >= 15 is 0 Å². The number of hydrogen-bond acceptors (Lipinski definition) is 9. The number of amides is 1. The number of nitrogens with one attached hydrogen (secondary N) is 2. The van der Waals surface area contributed by atoms with Crippen LogP contribution in [0.4, 0.5) is 17.3 Å². The topological polar surface area (TPSA) is 132 Å². The van der Waals surface area contributed by atoms with Gasteiger partial charge < -0.3 is 35.1 Å². The molecular formula is C18H21ClN6O5. The van der Waals surface area contributed by atoms with E-state index in [0.717, 1.165) is 12.7 Å². The fourth-order valence-corrected chi connectivity index (χ4v) is 3.22. The first-order valence-corrected chi connectivity index (χ1v) is 9.49. The van der Waals surface area contributed by atoms with Crippen LogP contribution in [0.2, 0.25) is 5.02 Å². The lowest BCUT2D eigenvalue weighted by Crippen LogP contribution is -2.41. The lowest BCUT2D eigenvalue weighted by Gasteiger charge is -2.29. The quantitative estimate of drug-likeness (QED) is 0.496. The number of anilines is 2. The Bertz CT molecular complexity index is 943. The number of halogens is 1. The van der Waals surface area contributed by atoms with Gasteiger partial charge in [0.05, 0.1) is 19.1 Å². The van der Waals surface area contributed by atoms with Crippen LogP contribution >= 0.6 is 11.6 Å². The zero-order chi connectivity index (χ0) is 21.7. The molecule has 0 radical (unpaired) electrons. The summed E-state index contributed by atoms with van der Waals surface area (Å²) in [5.41, 5.74) is 0.0409. The number of carbonyl (C=O) groups excluding carboxylic acids is 1. The van der Waals surface area contributed by atoms with Crippen molar-refractivity contribution in [3.05, 3.63) is 39.7 Å². The zero-order valence-electron chi connectivity index (χ0n) is 16.4. The van der Waals surface area contributed by atoms with Gasteiger partial charge in [-0.3, -0.25) is 4.79 Å². The molecule has 1 aliphatic rings. The van der Waals surface area contributed by atoms with E-state index in [1.165, 1.54) is 19.3 Å². The molecule has 2 N–H and O–H groups in total. The van der Waals surface area contributed by atoms with Crippen molar-refractivity contribution < 1.29 is 19.2 Å². The molecular weight excluding hydrogens is 416 g/mol. The second-order valence-electron chi connectivity index (χ2n) is 6.63. The summed E-state index contributed by atoms with van der Waals surface area (Å²) in [6.07, 6.45) is 2.66. The lowest BCUT2D eigenvalue weighted by molar-refractivity contribution is -0.388. The Morgan fingerprint density at radius 1 is 1.50 bits per heavy atom. The Kier molecular flexibility index (Phi) is 6.98. The highest BCUT2D eigenvalue weighted by Gasteiger charge is 2.23. The van der Waals surface area contributed by atoms with E-state index < -0.39 is 10.7 Å². The smallest absolute Gasteiger partial charge is 0.388 e. The number of morpholine rings is 1. The van der Waals surface area contributed by atoms with Gasteiger partial charge in [0.1, 0.15) is 16.6 Å². The van der Waals surface area contributed by atoms with E-state index in [9.17, 15) is 14.9 Å². The van der Waals surface area contributed by atoms with E-state index in [1.807, 2.05) is 7.05 Å². The van der Waals surface area contributed by atoms with Gasteiger partial charge in [0.2, 0.25) is 5.91 Å². The van der Waals surface area contributed by atoms with Crippen molar-refractivity contribution in [2.45, 2.75) is 12.5 Å². The standard InChI is InChI=1S/C18H21ClN6O5/c1-20-17-16(19)13(9-22-18(17)25(27)28)30-11-3-4-21-14(7-11)23-15(26)8-12-10-24(2)5-6-29-12/h3-4,7,9,12,20H,5-6,8,10H2,1-2H3,(H,21,23,26). The average molecular weight is 437 g/mol. The largest absolute Gasteiger partial charge is 0.452 e. The maximum Gasteiger partial charge on any atom is 0.388 e. The first-order chi connectivity index (χ1) is 14.4. The van der Waals surface area contributed by atoms with Crippen molar-refractivity contribution in [3.8, 4) is 11.5 Å². The number of hydrogen-bond donors (Lipinski definition) is 2. The maximum absolute atomic E-state index is 12.3. The van der Waals surface area contributed by atoms with Crippen molar-refractivity contribution in [3.63, 3.8) is 0 Å². The van der Waals surface area contributed by atoms with Gasteiger partial charge in [0, 0.05) is 32.4 Å². The molecule has 1 amide bonds. The SMILES string of the molecule is CNc1c([N+](=O)[O-])ncc(Oc2ccnc(NC(=O)CC3CN(C)CCO3)c2)c1Cl. The van der Waals surface area contributed by atoms with Crippen molar-refractivity contribution in [2.24, 2.45) is 0 Å². The van der Waals surface area contributed by atoms with E-state index in [4.69, 9.17) is 21.1 Å². The molecule has 3 rings (SSSR count). The fraction of sp³-hybridized carbons (Fsp3) is 0.389. The van der Waals surface area contributed by atoms with E-state index in [0.29, 0.717) is 24.7 Å². The minimum atomic E-state index is -0.643. The summed E-state index contributed by atoms with van der Waals surface area (Å²) >= 11 is 6.22. The summed E-state index contributed by atoms with van der Waals surface area (Å²) < 4.78 is 11.3. The Morgan fingerprint density at radius 2 is 2.30 bits per heavy atom. The van der Waals surface area contributed by atoms with Gasteiger partial charge in [0.15, 0.2) is 17.6 Å². The number of rotatable bonds is 7. The van der Waals surface area contributed by atoms with Crippen LogP contribution in [-0.4, -0.2) is 65.6 Å². The van der Waals surface area contributed by atoms with Crippen LogP contribution in [0.1, 0.15) is 6.42 Å². The van der Waals surface area contributed by atoms with Gasteiger partial charge in [-0.15, -0.1) is 0 Å². The Labute approximate surface area is 177 Å². The van der Waals surface area contributed by atoms with Crippen molar-refractivity contribution >= 4 is 34.8 Å². The molecule has 2 aromatic heterocycles. The lowest BCUT2D eigenvalue weighted by atomic mass is 10.2. The average Bonchev–Trinajstić information content (AvgIpc) is 2.69. The first-order valence-electron chi connectivity index (χ1n) is 9.12. The third kappa shape index (κ3) is 5.32. The van der Waals surface area contributed by atoms with Gasteiger partial charge in [0.25, 0.3) is 0 Å². The van der Waals surface area contributed by atoms with E-state index in [1.54, 1.807) is 6.07 Å². The van der Waals surface area contributed by atoms with Crippen LogP contribution < -0.4 is 15.4 Å². The number of nitrogens with zero attached hydrogens (tertiary/aromatic N) is 4. The Balaban J connectivity index is 1.68. The molecule has 0 spiro atoms. The summed E-state index contributed by atoms with van der Waals surface area (Å²) in [5.74, 6) is 0.101. The van der Waals surface area contributed by atoms with E-state index in [-0.39, 0.29) is 34.9 Å². The molecule has 1 atom stereocenters. The number of nitro groups is 1. The molecule has 30 heavy (non-hydrogen) atoms. The summed E-state index contributed by atoms with van der Waals surface area (Å²) in [6.45, 7) is 2.12. The van der Waals surface area contributed by atoms with Gasteiger partial charge >= 0.3 is 5.82 Å². The Morgan fingerprint density at radius 3 is 3.00 bits per heavy atom. The molecule has 0 aliphatic carbocycles. The normalized spacial score (nSPS) is 16.7. The fourth-order valence-electron chi connectivity index (χ4n) is 2.95. The van der Waals surface area contributed by atoms with Crippen LogP contribution in [0.5, 0.6) is 11.5 Å². The second-order valence-corrected chi connectivity index (χ2v) is 7.01. The number of pyridine rings is 2. The predicted molar refractivity (Wildman–Crippen MR) is 110 cm³/mol. The van der Waals surface area contributed by atoms with Gasteiger partial charge in [-0.2, -0.15) is 0 Å². The summed E-state index contributed by atoms with van der Waals surface area (Å²) in [7, 11) is 3.47. The number of carbonyl (C=O) groups is 1. The molecule has 12 heteroatoms. The first kappa shape index (κ1) is 21.7. The van der Waals surface area contributed by atoms with Crippen molar-refractivity contribution in [1.29, 1.82) is 0 Å². The predicted octanol–water partition coefficient (Wildman–Crippen LogP) is 2.53. The molecule has 11 nitrogen and oxygen atoms in total. The molecule has 0 saturated carbocycles. The highest BCUT2D eigenvalue weighted by molar-refractivity contribution is 6.35. The Hall–Kier alpha value is -3.02. The summed E-state index contributed by atoms with van der Waals surface area (Å²) in [5, 5.41) is 16.4. The zero-order valence-corrected chi connectivity index (χ0v) is 17.2. The summed E-state index contributed by atoms with van der Waals surface area (Å²) in [6, 6.07) is 3.08. The van der Waals surface area contributed by atoms with Crippen LogP contribution in [0.15, 0.2) is 24.5 Å². The highest BCUT2D eigenvalue weighted by atomic mass is 35.5. The molecule has 160 valence electrons. The number of aromatic nitrogens is 2. The molecule has 1 fully saturated rings. The third-order valence-corrected chi connectivity index (χ3v) is 4.74. The van der Waals surface area contributed by atoms with Crippen LogP contribution in [0.25, 0.3) is 0 Å². The van der Waals surface area contributed by atoms with Crippen molar-refractivity contribution in [1.82, 2.24) is 14.9 Å². The molecule has 3 heterocycles. The maximum atomic E-state index is 12.3. The second kappa shape index (κ2) is 9.65. The molecule has 2 aromatic rings. The van der Waals surface area contributed by atoms with Crippen LogP contribution in [-0.2, 0) is 9.53 Å². The third-order valence-electron chi connectivity index (χ3n) is 4.37. The van der Waals surface area contributed by atoms with Gasteiger partial charge in [-0.1, -0.05) is 11.6 Å². The minimum Gasteiger partial charge on any atom is -0.452 e. The van der Waals surface area contributed by atoms with Crippen LogP contribution in [0, 0.1) is 10.1 Å². The molecule has 1 aliphatic heterocycles. The number of ether oxygens (including phenoxy) is 2.